The van der Waals surface area contributed by atoms with Gasteiger partial charge in [0, 0.05) is 6.20 Å². The normalized spacial score (nSPS) is 18.3. The molecule has 1 aromatic rings. The number of epoxide rings is 1. The van der Waals surface area contributed by atoms with Crippen LogP contribution in [0.15, 0.2) is 6.20 Å². The summed E-state index contributed by atoms with van der Waals surface area (Å²) >= 11 is 0. The Morgan fingerprint density at radius 3 is 2.17 bits per heavy atom. The van der Waals surface area contributed by atoms with Gasteiger partial charge in [-0.1, -0.05) is 76.3 Å². The molecule has 0 bridgehead atoms. The summed E-state index contributed by atoms with van der Waals surface area (Å²) in [6.07, 6.45) is 18.8. The topological polar surface area (TPSA) is 43.2 Å². The van der Waals surface area contributed by atoms with Crippen LogP contribution in [0.2, 0.25) is 0 Å². The van der Waals surface area contributed by atoms with E-state index in [2.05, 4.69) is 30.4 Å². The van der Waals surface area contributed by atoms with E-state index >= 15 is 0 Å². The Labute approximate surface area is 142 Å². The molecule has 4 heteroatoms. The maximum absolute atomic E-state index is 5.32. The van der Waals surface area contributed by atoms with Crippen LogP contribution in [0.5, 0.6) is 0 Å². The van der Waals surface area contributed by atoms with Crippen molar-refractivity contribution in [2.75, 3.05) is 6.61 Å². The average molecular weight is 322 g/mol. The standard InChI is InChI=1S/C19H35N3O/c1-3-4-5-6-7-8-9-10-11-12-13-14-18-15-22(21-20-18)17(2)19-16-23-19/h15,17,19H,3-14,16H2,1-2H3/t17-,19+/m1/s1. The Bertz CT molecular complexity index is 415. The predicted molar refractivity (Wildman–Crippen MR) is 94.6 cm³/mol. The minimum Gasteiger partial charge on any atom is -0.371 e. The minimum absolute atomic E-state index is 0.327. The first-order chi connectivity index (χ1) is 11.3. The molecule has 0 saturated carbocycles. The molecule has 2 rings (SSSR count). The Morgan fingerprint density at radius 1 is 1.04 bits per heavy atom. The molecule has 1 aliphatic heterocycles. The maximum atomic E-state index is 5.32. The second-order valence-corrected chi connectivity index (χ2v) is 7.09. The molecule has 0 aromatic carbocycles. The third kappa shape index (κ3) is 7.47. The first-order valence-electron chi connectivity index (χ1n) is 9.83. The lowest BCUT2D eigenvalue weighted by Gasteiger charge is -2.06. The second-order valence-electron chi connectivity index (χ2n) is 7.09. The number of hydrogen-bond acceptors (Lipinski definition) is 3. The summed E-state index contributed by atoms with van der Waals surface area (Å²) in [4.78, 5) is 0. The van der Waals surface area contributed by atoms with Crippen LogP contribution >= 0.6 is 0 Å². The van der Waals surface area contributed by atoms with Crippen molar-refractivity contribution in [1.82, 2.24) is 15.0 Å². The van der Waals surface area contributed by atoms with Crippen molar-refractivity contribution in [2.45, 2.75) is 103 Å². The Hall–Kier alpha value is -0.900. The van der Waals surface area contributed by atoms with Crippen LogP contribution in [0.3, 0.4) is 0 Å². The zero-order valence-electron chi connectivity index (χ0n) is 15.2. The van der Waals surface area contributed by atoms with Crippen LogP contribution in [0.25, 0.3) is 0 Å². The van der Waals surface area contributed by atoms with Gasteiger partial charge >= 0.3 is 0 Å². The number of nitrogens with zero attached hydrogens (tertiary/aromatic N) is 3. The molecule has 0 spiro atoms. The zero-order chi connectivity index (χ0) is 16.3. The molecule has 0 unspecified atom stereocenters. The van der Waals surface area contributed by atoms with Gasteiger partial charge < -0.3 is 4.74 Å². The highest BCUT2D eigenvalue weighted by Crippen LogP contribution is 2.23. The monoisotopic (exact) mass is 321 g/mol. The second kappa shape index (κ2) is 10.8. The third-order valence-electron chi connectivity index (χ3n) is 4.91. The Kier molecular flexibility index (Phi) is 8.66. The SMILES string of the molecule is CCCCCCCCCCCCCc1cn([C@H](C)[C@@H]2CO2)nn1. The molecular formula is C19H35N3O. The van der Waals surface area contributed by atoms with Crippen LogP contribution in [0.1, 0.15) is 96.2 Å². The summed E-state index contributed by atoms with van der Waals surface area (Å²) in [5.41, 5.74) is 1.13. The molecule has 2 heterocycles. The fraction of sp³-hybridized carbons (Fsp3) is 0.895. The molecule has 4 nitrogen and oxygen atoms in total. The van der Waals surface area contributed by atoms with E-state index in [0.29, 0.717) is 12.1 Å². The summed E-state index contributed by atoms with van der Waals surface area (Å²) in [7, 11) is 0. The fourth-order valence-corrected chi connectivity index (χ4v) is 3.10. The zero-order valence-corrected chi connectivity index (χ0v) is 15.2. The third-order valence-corrected chi connectivity index (χ3v) is 4.91. The molecule has 2 atom stereocenters. The predicted octanol–water partition coefficient (Wildman–Crippen LogP) is 5.09. The van der Waals surface area contributed by atoms with Crippen molar-refractivity contribution in [1.29, 1.82) is 0 Å². The molecule has 0 amide bonds. The summed E-state index contributed by atoms with van der Waals surface area (Å²) < 4.78 is 7.28. The number of hydrogen-bond donors (Lipinski definition) is 0. The number of ether oxygens (including phenoxy) is 1. The molecule has 1 aromatic heterocycles. The van der Waals surface area contributed by atoms with E-state index in [1.807, 2.05) is 4.68 Å². The van der Waals surface area contributed by atoms with E-state index < -0.39 is 0 Å². The molecule has 0 aliphatic carbocycles. The van der Waals surface area contributed by atoms with Gasteiger partial charge in [-0.3, -0.25) is 0 Å². The number of unbranched alkanes of at least 4 members (excludes halogenated alkanes) is 10. The quantitative estimate of drug-likeness (QED) is 0.354. The van der Waals surface area contributed by atoms with Gasteiger partial charge in [0.2, 0.25) is 0 Å². The van der Waals surface area contributed by atoms with E-state index in [4.69, 9.17) is 4.74 Å². The molecular weight excluding hydrogens is 286 g/mol. The lowest BCUT2D eigenvalue weighted by molar-refractivity contribution is 0.322. The van der Waals surface area contributed by atoms with Crippen LogP contribution in [-0.2, 0) is 11.2 Å². The van der Waals surface area contributed by atoms with Gasteiger partial charge in [0.1, 0.15) is 6.10 Å². The van der Waals surface area contributed by atoms with E-state index in [9.17, 15) is 0 Å². The number of aryl methyl sites for hydroxylation is 1. The summed E-state index contributed by atoms with van der Waals surface area (Å²) in [6, 6.07) is 0.327. The van der Waals surface area contributed by atoms with Crippen molar-refractivity contribution in [3.8, 4) is 0 Å². The van der Waals surface area contributed by atoms with Gasteiger partial charge in [0.25, 0.3) is 0 Å². The van der Waals surface area contributed by atoms with Gasteiger partial charge in [0.05, 0.1) is 18.3 Å². The molecule has 23 heavy (non-hydrogen) atoms. The van der Waals surface area contributed by atoms with Crippen molar-refractivity contribution in [2.24, 2.45) is 0 Å². The highest BCUT2D eigenvalue weighted by atomic mass is 16.6. The van der Waals surface area contributed by atoms with Crippen LogP contribution in [0.4, 0.5) is 0 Å². The van der Waals surface area contributed by atoms with Gasteiger partial charge in [-0.2, -0.15) is 0 Å². The fourth-order valence-electron chi connectivity index (χ4n) is 3.10. The Morgan fingerprint density at radius 2 is 1.61 bits per heavy atom. The van der Waals surface area contributed by atoms with Crippen molar-refractivity contribution < 1.29 is 4.74 Å². The molecule has 1 fully saturated rings. The lowest BCUT2D eigenvalue weighted by Crippen LogP contribution is -2.11. The first kappa shape index (κ1) is 18.4. The van der Waals surface area contributed by atoms with Gasteiger partial charge in [-0.05, 0) is 19.8 Å². The molecule has 1 saturated heterocycles. The highest BCUT2D eigenvalue weighted by Gasteiger charge is 2.31. The van der Waals surface area contributed by atoms with Gasteiger partial charge in [-0.15, -0.1) is 5.10 Å². The van der Waals surface area contributed by atoms with Gasteiger partial charge in [0.15, 0.2) is 0 Å². The largest absolute Gasteiger partial charge is 0.371 e. The maximum Gasteiger partial charge on any atom is 0.103 e. The van der Waals surface area contributed by atoms with Crippen molar-refractivity contribution in [3.63, 3.8) is 0 Å². The van der Waals surface area contributed by atoms with Crippen molar-refractivity contribution >= 4 is 0 Å². The van der Waals surface area contributed by atoms with E-state index in [-0.39, 0.29) is 0 Å². The number of aromatic nitrogens is 3. The smallest absolute Gasteiger partial charge is 0.103 e. The molecule has 1 aliphatic rings. The summed E-state index contributed by atoms with van der Waals surface area (Å²) in [5, 5.41) is 8.52. The first-order valence-corrected chi connectivity index (χ1v) is 9.83. The summed E-state index contributed by atoms with van der Waals surface area (Å²) in [5.74, 6) is 0. The van der Waals surface area contributed by atoms with Crippen LogP contribution in [0, 0.1) is 0 Å². The van der Waals surface area contributed by atoms with E-state index in [1.54, 1.807) is 0 Å². The lowest BCUT2D eigenvalue weighted by atomic mass is 10.0. The Balaban J connectivity index is 1.42. The van der Waals surface area contributed by atoms with E-state index in [0.717, 1.165) is 18.7 Å². The van der Waals surface area contributed by atoms with E-state index in [1.165, 1.54) is 70.6 Å². The molecule has 0 radical (unpaired) electrons. The van der Waals surface area contributed by atoms with Crippen LogP contribution < -0.4 is 0 Å². The number of rotatable bonds is 14. The van der Waals surface area contributed by atoms with Gasteiger partial charge in [-0.25, -0.2) is 4.68 Å². The summed E-state index contributed by atoms with van der Waals surface area (Å²) in [6.45, 7) is 5.30. The molecule has 0 N–H and O–H groups in total. The van der Waals surface area contributed by atoms with Crippen molar-refractivity contribution in [3.05, 3.63) is 11.9 Å². The van der Waals surface area contributed by atoms with Crippen LogP contribution in [-0.4, -0.2) is 27.7 Å². The average Bonchev–Trinajstić information content (AvgIpc) is 3.30. The minimum atomic E-state index is 0.327. The highest BCUT2D eigenvalue weighted by molar-refractivity contribution is 4.95. The molecule has 132 valence electrons.